The van der Waals surface area contributed by atoms with Gasteiger partial charge in [-0.2, -0.15) is 0 Å². The fraction of sp³-hybridized carbons (Fsp3) is 1.00. The van der Waals surface area contributed by atoms with Gasteiger partial charge in [0.15, 0.2) is 0 Å². The van der Waals surface area contributed by atoms with Gasteiger partial charge in [-0.3, -0.25) is 4.90 Å². The number of rotatable bonds is 6. The average Bonchev–Trinajstić information content (AvgIpc) is 2.47. The van der Waals surface area contributed by atoms with E-state index in [-0.39, 0.29) is 0 Å². The van der Waals surface area contributed by atoms with Crippen LogP contribution in [0.2, 0.25) is 39.3 Å². The molecule has 0 saturated heterocycles. The first kappa shape index (κ1) is 19.7. The summed E-state index contributed by atoms with van der Waals surface area (Å²) in [5.74, 6) is 0. The van der Waals surface area contributed by atoms with E-state index in [4.69, 9.17) is 0 Å². The monoisotopic (exact) mass is 354 g/mol. The molecule has 0 bridgehead atoms. The molecule has 23 heavy (non-hydrogen) atoms. The molecule has 2 fully saturated rings. The lowest BCUT2D eigenvalue weighted by molar-refractivity contribution is 0.0603. The third kappa shape index (κ3) is 5.69. The molecule has 2 aliphatic carbocycles. The van der Waals surface area contributed by atoms with E-state index in [2.05, 4.69) is 48.4 Å². The van der Waals surface area contributed by atoms with Crippen LogP contribution in [0.25, 0.3) is 0 Å². The van der Waals surface area contributed by atoms with Gasteiger partial charge in [0.2, 0.25) is 0 Å². The molecule has 0 unspecified atom stereocenters. The van der Waals surface area contributed by atoms with Crippen molar-refractivity contribution in [3.63, 3.8) is 0 Å². The fourth-order valence-electron chi connectivity index (χ4n) is 4.95. The van der Waals surface area contributed by atoms with Crippen molar-refractivity contribution in [1.82, 2.24) is 9.13 Å². The normalized spacial score (nSPS) is 23.0. The van der Waals surface area contributed by atoms with Crippen LogP contribution in [0.15, 0.2) is 0 Å². The maximum Gasteiger partial charge on any atom is 0.113 e. The highest BCUT2D eigenvalue weighted by molar-refractivity contribution is 6.89. The van der Waals surface area contributed by atoms with Crippen LogP contribution < -0.4 is 0 Å². The van der Waals surface area contributed by atoms with Gasteiger partial charge in [-0.15, -0.1) is 0 Å². The Balaban J connectivity index is 2.17. The van der Waals surface area contributed by atoms with Crippen LogP contribution in [0.4, 0.5) is 0 Å². The molecule has 0 aromatic rings. The molecule has 4 heteroatoms. The molecule has 0 atom stereocenters. The van der Waals surface area contributed by atoms with Gasteiger partial charge >= 0.3 is 0 Å². The quantitative estimate of drug-likeness (QED) is 0.434. The number of hydrogen-bond donors (Lipinski definition) is 0. The summed E-state index contributed by atoms with van der Waals surface area (Å²) in [6.07, 6.45) is 14.7. The van der Waals surface area contributed by atoms with Crippen LogP contribution in [0.5, 0.6) is 0 Å². The second kappa shape index (κ2) is 8.16. The smallest absolute Gasteiger partial charge is 0.113 e. The van der Waals surface area contributed by atoms with Gasteiger partial charge in [-0.05, 0) is 25.7 Å². The van der Waals surface area contributed by atoms with Gasteiger partial charge in [0.1, 0.15) is 16.5 Å². The average molecular weight is 355 g/mol. The molecule has 0 aliphatic heterocycles. The third-order valence-electron chi connectivity index (χ3n) is 6.01. The molecule has 0 aromatic carbocycles. The summed E-state index contributed by atoms with van der Waals surface area (Å²) >= 11 is 0. The summed E-state index contributed by atoms with van der Waals surface area (Å²) in [5.41, 5.74) is 0. The molecule has 0 heterocycles. The molecule has 2 aliphatic rings. The van der Waals surface area contributed by atoms with Gasteiger partial charge in [0.05, 0.1) is 0 Å². The molecule has 136 valence electrons. The highest BCUT2D eigenvalue weighted by Gasteiger charge is 2.38. The van der Waals surface area contributed by atoms with Crippen molar-refractivity contribution in [3.8, 4) is 0 Å². The molecule has 2 nitrogen and oxygen atoms in total. The van der Waals surface area contributed by atoms with Crippen molar-refractivity contribution in [1.29, 1.82) is 0 Å². The summed E-state index contributed by atoms with van der Waals surface area (Å²) in [6, 6.07) is 1.75. The summed E-state index contributed by atoms with van der Waals surface area (Å²) in [6.45, 7) is 16.6. The van der Waals surface area contributed by atoms with E-state index in [1.54, 1.807) is 0 Å². The molecular formula is C19H42N2Si2. The van der Waals surface area contributed by atoms with E-state index in [9.17, 15) is 0 Å². The van der Waals surface area contributed by atoms with Gasteiger partial charge in [-0.25, -0.2) is 0 Å². The predicted molar refractivity (Wildman–Crippen MR) is 109 cm³/mol. The fourth-order valence-corrected chi connectivity index (χ4v) is 14.2. The minimum atomic E-state index is -1.26. The summed E-state index contributed by atoms with van der Waals surface area (Å²) in [5, 5.41) is 0. The second-order valence-electron chi connectivity index (χ2n) is 10.0. The third-order valence-corrected chi connectivity index (χ3v) is 13.6. The highest BCUT2D eigenvalue weighted by atomic mass is 28.4. The SMILES string of the molecule is C[Si](C)(C)N(CN(C1CCCCC1)C1CCCCC1)[Si](C)(C)C. The Kier molecular flexibility index (Phi) is 6.98. The lowest BCUT2D eigenvalue weighted by Crippen LogP contribution is -2.64. The van der Waals surface area contributed by atoms with E-state index in [0.29, 0.717) is 0 Å². The Morgan fingerprint density at radius 3 is 1.26 bits per heavy atom. The molecule has 0 amide bonds. The highest BCUT2D eigenvalue weighted by Crippen LogP contribution is 2.32. The zero-order valence-electron chi connectivity index (χ0n) is 16.8. The molecule has 2 saturated carbocycles. The van der Waals surface area contributed by atoms with Crippen molar-refractivity contribution < 1.29 is 0 Å². The Morgan fingerprint density at radius 2 is 0.957 bits per heavy atom. The first-order valence-corrected chi connectivity index (χ1v) is 17.1. The van der Waals surface area contributed by atoms with E-state index in [1.165, 1.54) is 70.9 Å². The Bertz CT molecular complexity index is 315. The van der Waals surface area contributed by atoms with E-state index in [0.717, 1.165) is 12.1 Å². The lowest BCUT2D eigenvalue weighted by Gasteiger charge is -2.51. The summed E-state index contributed by atoms with van der Waals surface area (Å²) in [7, 11) is -2.52. The Labute approximate surface area is 148 Å². The number of nitrogens with zero attached hydrogens (tertiary/aromatic N) is 2. The largest absolute Gasteiger partial charge is 0.334 e. The van der Waals surface area contributed by atoms with Crippen LogP contribution in [0.1, 0.15) is 64.2 Å². The standard InChI is InChI=1S/C19H42N2Si2/c1-22(2,3)21(23(4,5)6)17-20(18-13-9-7-10-14-18)19-15-11-8-12-16-19/h18-19H,7-17H2,1-6H3. The molecular weight excluding hydrogens is 312 g/mol. The minimum Gasteiger partial charge on any atom is -0.334 e. The van der Waals surface area contributed by atoms with Crippen LogP contribution in [-0.2, 0) is 0 Å². The van der Waals surface area contributed by atoms with Crippen LogP contribution in [-0.4, -0.2) is 44.4 Å². The second-order valence-corrected chi connectivity index (χ2v) is 20.2. The van der Waals surface area contributed by atoms with Crippen molar-refractivity contribution in [2.75, 3.05) is 6.67 Å². The molecule has 0 N–H and O–H groups in total. The number of hydrogen-bond acceptors (Lipinski definition) is 2. The van der Waals surface area contributed by atoms with Gasteiger partial charge in [0, 0.05) is 18.8 Å². The van der Waals surface area contributed by atoms with Crippen molar-refractivity contribution in [2.24, 2.45) is 0 Å². The zero-order chi connectivity index (χ0) is 17.1. The zero-order valence-corrected chi connectivity index (χ0v) is 18.8. The topological polar surface area (TPSA) is 6.48 Å². The van der Waals surface area contributed by atoms with E-state index < -0.39 is 16.5 Å². The van der Waals surface area contributed by atoms with Gasteiger partial charge in [0.25, 0.3) is 0 Å². The molecule has 0 spiro atoms. The van der Waals surface area contributed by atoms with E-state index in [1.807, 2.05) is 0 Å². The van der Waals surface area contributed by atoms with Crippen molar-refractivity contribution >= 4 is 16.5 Å². The molecule has 2 rings (SSSR count). The van der Waals surface area contributed by atoms with Gasteiger partial charge < -0.3 is 4.23 Å². The summed E-state index contributed by atoms with van der Waals surface area (Å²) in [4.78, 5) is 3.01. The van der Waals surface area contributed by atoms with Crippen LogP contribution in [0, 0.1) is 0 Å². The minimum absolute atomic E-state index is 0.877. The molecule has 0 radical (unpaired) electrons. The Morgan fingerprint density at radius 1 is 0.609 bits per heavy atom. The predicted octanol–water partition coefficient (Wildman–Crippen LogP) is 5.88. The summed E-state index contributed by atoms with van der Waals surface area (Å²) < 4.78 is 3.02. The maximum absolute atomic E-state index is 3.02. The first-order chi connectivity index (χ1) is 10.7. The van der Waals surface area contributed by atoms with Gasteiger partial charge in [-0.1, -0.05) is 77.8 Å². The van der Waals surface area contributed by atoms with Crippen molar-refractivity contribution in [3.05, 3.63) is 0 Å². The van der Waals surface area contributed by atoms with Crippen molar-refractivity contribution in [2.45, 2.75) is 116 Å². The lowest BCUT2D eigenvalue weighted by atomic mass is 9.89. The Hall–Kier alpha value is 0.354. The first-order valence-electron chi connectivity index (χ1n) is 10.2. The molecule has 0 aromatic heterocycles. The van der Waals surface area contributed by atoms with E-state index >= 15 is 0 Å². The maximum atomic E-state index is 3.02. The van der Waals surface area contributed by atoms with Crippen LogP contribution >= 0.6 is 0 Å². The van der Waals surface area contributed by atoms with Crippen LogP contribution in [0.3, 0.4) is 0 Å².